The van der Waals surface area contributed by atoms with Gasteiger partial charge in [-0.2, -0.15) is 0 Å². The van der Waals surface area contributed by atoms with E-state index < -0.39 is 0 Å². The lowest BCUT2D eigenvalue weighted by Gasteiger charge is -2.34. The number of carbonyl (C=O) groups is 1. The molecule has 8 heteroatoms. The molecule has 0 unspecified atom stereocenters. The van der Waals surface area contributed by atoms with Crippen molar-refractivity contribution in [2.24, 2.45) is 0 Å². The Balaban J connectivity index is 1.28. The van der Waals surface area contributed by atoms with Crippen molar-refractivity contribution in [1.29, 1.82) is 0 Å². The van der Waals surface area contributed by atoms with Crippen molar-refractivity contribution in [3.05, 3.63) is 57.0 Å². The van der Waals surface area contributed by atoms with Crippen molar-refractivity contribution in [1.82, 2.24) is 15.2 Å². The Bertz CT molecular complexity index is 1030. The van der Waals surface area contributed by atoms with Gasteiger partial charge in [0.2, 0.25) is 0 Å². The summed E-state index contributed by atoms with van der Waals surface area (Å²) in [4.78, 5) is 21.8. The highest BCUT2D eigenvalue weighted by Gasteiger charge is 2.20. The summed E-state index contributed by atoms with van der Waals surface area (Å²) in [5.74, 6) is -0.0420. The van der Waals surface area contributed by atoms with Gasteiger partial charge in [0.25, 0.3) is 5.91 Å². The van der Waals surface area contributed by atoms with Gasteiger partial charge >= 0.3 is 0 Å². The predicted octanol–water partition coefficient (Wildman–Crippen LogP) is 4.57. The van der Waals surface area contributed by atoms with E-state index in [1.54, 1.807) is 11.3 Å². The maximum Gasteiger partial charge on any atom is 0.252 e. The van der Waals surface area contributed by atoms with Crippen molar-refractivity contribution in [3.8, 4) is 0 Å². The van der Waals surface area contributed by atoms with Crippen LogP contribution in [0.2, 0.25) is 5.02 Å². The third-order valence-corrected chi connectivity index (χ3v) is 7.39. The lowest BCUT2D eigenvalue weighted by atomic mass is 10.2. The number of carbonyl (C=O) groups excluding carboxylic acids is 1. The molecule has 1 N–H and O–H groups in total. The second-order valence-corrected chi connectivity index (χ2v) is 9.35. The number of hydrogen-bond acceptors (Lipinski definition) is 5. The van der Waals surface area contributed by atoms with Crippen LogP contribution in [0.5, 0.6) is 0 Å². The SMILES string of the molecule is Cc1c(Cl)ccc2sc(N3CCN(CCNC(=O)c4ccccc4Br)CC3)nc12. The minimum atomic E-state index is -0.0420. The van der Waals surface area contributed by atoms with Crippen LogP contribution in [0.1, 0.15) is 15.9 Å². The van der Waals surface area contributed by atoms with Crippen molar-refractivity contribution in [2.45, 2.75) is 6.92 Å². The quantitative estimate of drug-likeness (QED) is 0.565. The van der Waals surface area contributed by atoms with Gasteiger partial charge < -0.3 is 10.2 Å². The number of anilines is 1. The van der Waals surface area contributed by atoms with Crippen LogP contribution >= 0.6 is 38.9 Å². The van der Waals surface area contributed by atoms with Crippen LogP contribution < -0.4 is 10.2 Å². The van der Waals surface area contributed by atoms with E-state index in [4.69, 9.17) is 16.6 Å². The molecule has 4 rings (SSSR count). The van der Waals surface area contributed by atoms with Crippen LogP contribution in [-0.4, -0.2) is 55.1 Å². The molecule has 0 bridgehead atoms. The van der Waals surface area contributed by atoms with Crippen LogP contribution in [0.4, 0.5) is 5.13 Å². The van der Waals surface area contributed by atoms with Crippen molar-refractivity contribution >= 4 is 60.1 Å². The molecule has 1 saturated heterocycles. The third-order valence-electron chi connectivity index (χ3n) is 5.21. The number of piperazine rings is 1. The highest BCUT2D eigenvalue weighted by molar-refractivity contribution is 9.10. The standard InChI is InChI=1S/C21H22BrClN4OS/c1-14-17(23)6-7-18-19(14)25-21(29-18)27-12-10-26(11-13-27)9-8-24-20(28)15-4-2-3-5-16(15)22/h2-7H,8-13H2,1H3,(H,24,28). The van der Waals surface area contributed by atoms with Crippen molar-refractivity contribution in [3.63, 3.8) is 0 Å². The number of amides is 1. The Hall–Kier alpha value is -1.67. The van der Waals surface area contributed by atoms with Gasteiger partial charge in [-0.05, 0) is 52.7 Å². The Morgan fingerprint density at radius 3 is 2.72 bits per heavy atom. The normalized spacial score (nSPS) is 15.1. The summed E-state index contributed by atoms with van der Waals surface area (Å²) in [7, 11) is 0. The van der Waals surface area contributed by atoms with Crippen LogP contribution in [0.3, 0.4) is 0 Å². The molecule has 2 heterocycles. The molecule has 29 heavy (non-hydrogen) atoms. The Kier molecular flexibility index (Phi) is 6.39. The predicted molar refractivity (Wildman–Crippen MR) is 124 cm³/mol. The molecule has 0 atom stereocenters. The van der Waals surface area contributed by atoms with Crippen molar-refractivity contribution < 1.29 is 4.79 Å². The van der Waals surface area contributed by atoms with E-state index in [2.05, 4.69) is 37.1 Å². The Morgan fingerprint density at radius 1 is 1.21 bits per heavy atom. The molecule has 3 aromatic rings. The first-order chi connectivity index (χ1) is 14.0. The van der Waals surface area contributed by atoms with Gasteiger partial charge in [0, 0.05) is 48.8 Å². The number of aryl methyl sites for hydroxylation is 1. The largest absolute Gasteiger partial charge is 0.351 e. The van der Waals surface area contributed by atoms with E-state index in [9.17, 15) is 4.79 Å². The Labute approximate surface area is 187 Å². The summed E-state index contributed by atoms with van der Waals surface area (Å²) in [5, 5.41) is 4.84. The lowest BCUT2D eigenvalue weighted by Crippen LogP contribution is -2.48. The van der Waals surface area contributed by atoms with E-state index in [0.29, 0.717) is 12.1 Å². The van der Waals surface area contributed by atoms with Crippen LogP contribution in [0, 0.1) is 6.92 Å². The summed E-state index contributed by atoms with van der Waals surface area (Å²) in [6, 6.07) is 11.5. The minimum Gasteiger partial charge on any atom is -0.351 e. The fourth-order valence-electron chi connectivity index (χ4n) is 3.45. The molecule has 0 radical (unpaired) electrons. The number of rotatable bonds is 5. The number of thiazole rings is 1. The van der Waals surface area contributed by atoms with Gasteiger partial charge in [-0.1, -0.05) is 35.1 Å². The van der Waals surface area contributed by atoms with E-state index in [1.807, 2.05) is 37.3 Å². The Morgan fingerprint density at radius 2 is 1.97 bits per heavy atom. The molecule has 0 saturated carbocycles. The second kappa shape index (κ2) is 9.00. The van der Waals surface area contributed by atoms with Gasteiger partial charge in [-0.3, -0.25) is 9.69 Å². The zero-order valence-electron chi connectivity index (χ0n) is 16.1. The number of aromatic nitrogens is 1. The van der Waals surface area contributed by atoms with E-state index >= 15 is 0 Å². The summed E-state index contributed by atoms with van der Waals surface area (Å²) in [6.45, 7) is 7.29. The first-order valence-electron chi connectivity index (χ1n) is 9.58. The first kappa shape index (κ1) is 20.6. The number of fused-ring (bicyclic) bond motifs is 1. The van der Waals surface area contributed by atoms with Gasteiger partial charge in [0.1, 0.15) is 0 Å². The van der Waals surface area contributed by atoms with Gasteiger partial charge in [-0.15, -0.1) is 0 Å². The minimum absolute atomic E-state index is 0.0420. The highest BCUT2D eigenvalue weighted by atomic mass is 79.9. The van der Waals surface area contributed by atoms with Gasteiger partial charge in [-0.25, -0.2) is 4.98 Å². The molecule has 152 valence electrons. The van der Waals surface area contributed by atoms with E-state index in [-0.39, 0.29) is 5.91 Å². The van der Waals surface area contributed by atoms with E-state index in [0.717, 1.165) is 58.4 Å². The zero-order chi connectivity index (χ0) is 20.4. The van der Waals surface area contributed by atoms with Crippen molar-refractivity contribution in [2.75, 3.05) is 44.2 Å². The number of nitrogens with zero attached hydrogens (tertiary/aromatic N) is 3. The molecule has 0 aliphatic carbocycles. The van der Waals surface area contributed by atoms with Crippen LogP contribution in [0.15, 0.2) is 40.9 Å². The van der Waals surface area contributed by atoms with Crippen LogP contribution in [0.25, 0.3) is 10.2 Å². The average molecular weight is 494 g/mol. The molecule has 0 spiro atoms. The molecule has 1 amide bonds. The molecular weight excluding hydrogens is 472 g/mol. The molecular formula is C21H22BrClN4OS. The molecule has 5 nitrogen and oxygen atoms in total. The molecule has 1 aromatic heterocycles. The second-order valence-electron chi connectivity index (χ2n) is 7.08. The van der Waals surface area contributed by atoms with Gasteiger partial charge in [0.15, 0.2) is 5.13 Å². The van der Waals surface area contributed by atoms with Crippen LogP contribution in [-0.2, 0) is 0 Å². The molecule has 1 aliphatic heterocycles. The molecule has 1 aliphatic rings. The maximum absolute atomic E-state index is 12.3. The van der Waals surface area contributed by atoms with Gasteiger partial charge in [0.05, 0.1) is 15.8 Å². The fourth-order valence-corrected chi connectivity index (χ4v) is 5.15. The highest BCUT2D eigenvalue weighted by Crippen LogP contribution is 2.33. The topological polar surface area (TPSA) is 48.5 Å². The number of benzene rings is 2. The summed E-state index contributed by atoms with van der Waals surface area (Å²) in [5.41, 5.74) is 2.73. The van der Waals surface area contributed by atoms with E-state index in [1.165, 1.54) is 4.70 Å². The monoisotopic (exact) mass is 492 g/mol. The maximum atomic E-state index is 12.3. The zero-order valence-corrected chi connectivity index (χ0v) is 19.3. The molecule has 2 aromatic carbocycles. The third kappa shape index (κ3) is 4.58. The summed E-state index contributed by atoms with van der Waals surface area (Å²) < 4.78 is 2.00. The smallest absolute Gasteiger partial charge is 0.252 e. The summed E-state index contributed by atoms with van der Waals surface area (Å²) >= 11 is 11.4. The summed E-state index contributed by atoms with van der Waals surface area (Å²) in [6.07, 6.45) is 0. The molecule has 1 fully saturated rings. The first-order valence-corrected chi connectivity index (χ1v) is 11.6. The average Bonchev–Trinajstić information content (AvgIpc) is 3.17. The number of hydrogen-bond donors (Lipinski definition) is 1. The number of halogens is 2. The fraction of sp³-hybridized carbons (Fsp3) is 0.333. The number of nitrogens with one attached hydrogen (secondary N) is 1. The lowest BCUT2D eigenvalue weighted by molar-refractivity contribution is 0.0947.